The van der Waals surface area contributed by atoms with Gasteiger partial charge in [0.15, 0.2) is 0 Å². The van der Waals surface area contributed by atoms with Crippen molar-refractivity contribution in [2.45, 2.75) is 25.0 Å². The van der Waals surface area contributed by atoms with Crippen LogP contribution in [0.2, 0.25) is 0 Å². The molecule has 1 spiro atoms. The monoisotopic (exact) mass is 418 g/mol. The summed E-state index contributed by atoms with van der Waals surface area (Å²) in [5, 5.41) is 1.28. The van der Waals surface area contributed by atoms with E-state index < -0.39 is 0 Å². The number of piperazine rings is 1. The topological polar surface area (TPSA) is 60.5 Å². The van der Waals surface area contributed by atoms with Gasteiger partial charge in [0.2, 0.25) is 5.95 Å². The van der Waals surface area contributed by atoms with E-state index in [-0.39, 0.29) is 5.41 Å². The lowest BCUT2D eigenvalue weighted by Crippen LogP contribution is -2.46. The van der Waals surface area contributed by atoms with Gasteiger partial charge in [0.05, 0.1) is 24.3 Å². The number of hydrogen-bond acceptors (Lipinski definition) is 6. The summed E-state index contributed by atoms with van der Waals surface area (Å²) in [6, 6.07) is 8.71. The summed E-state index contributed by atoms with van der Waals surface area (Å²) in [5.41, 5.74) is 4.98. The largest absolute Gasteiger partial charge is 0.376 e. The summed E-state index contributed by atoms with van der Waals surface area (Å²) in [5.74, 6) is 0.891. The molecule has 162 valence electrons. The molecular formula is C24H30N6O. The van der Waals surface area contributed by atoms with Crippen LogP contribution < -0.4 is 4.90 Å². The maximum Gasteiger partial charge on any atom is 0.225 e. The Morgan fingerprint density at radius 3 is 2.94 bits per heavy atom. The second-order valence-corrected chi connectivity index (χ2v) is 9.43. The van der Waals surface area contributed by atoms with E-state index in [0.717, 1.165) is 70.4 Å². The quantitative estimate of drug-likeness (QED) is 0.705. The second kappa shape index (κ2) is 7.58. The van der Waals surface area contributed by atoms with Gasteiger partial charge in [-0.25, -0.2) is 9.97 Å². The van der Waals surface area contributed by atoms with Crippen LogP contribution >= 0.6 is 0 Å². The van der Waals surface area contributed by atoms with Crippen molar-refractivity contribution in [2.24, 2.45) is 0 Å². The number of benzene rings is 1. The van der Waals surface area contributed by atoms with Gasteiger partial charge in [0.1, 0.15) is 0 Å². The highest BCUT2D eigenvalue weighted by atomic mass is 16.5. The maximum absolute atomic E-state index is 6.06. The minimum Gasteiger partial charge on any atom is -0.376 e. The van der Waals surface area contributed by atoms with Crippen LogP contribution in [0.3, 0.4) is 0 Å². The number of H-pyrrole nitrogens is 1. The molecule has 3 aliphatic heterocycles. The molecule has 2 fully saturated rings. The first-order chi connectivity index (χ1) is 15.2. The molecule has 31 heavy (non-hydrogen) atoms. The van der Waals surface area contributed by atoms with Crippen LogP contribution in [0.5, 0.6) is 0 Å². The van der Waals surface area contributed by atoms with Crippen LogP contribution in [0.25, 0.3) is 10.9 Å². The zero-order valence-electron chi connectivity index (χ0n) is 18.2. The number of para-hydroxylation sites is 1. The molecule has 1 aromatic carbocycles. The minimum absolute atomic E-state index is 0.0263. The molecule has 3 aromatic rings. The van der Waals surface area contributed by atoms with Gasteiger partial charge >= 0.3 is 0 Å². The van der Waals surface area contributed by atoms with E-state index in [0.29, 0.717) is 6.61 Å². The summed E-state index contributed by atoms with van der Waals surface area (Å²) in [7, 11) is 2.18. The van der Waals surface area contributed by atoms with Crippen molar-refractivity contribution in [3.8, 4) is 0 Å². The molecular weight excluding hydrogens is 388 g/mol. The molecule has 0 amide bonds. The Morgan fingerprint density at radius 1 is 1.13 bits per heavy atom. The lowest BCUT2D eigenvalue weighted by atomic mass is 9.80. The predicted octanol–water partition coefficient (Wildman–Crippen LogP) is 2.38. The minimum atomic E-state index is -0.0263. The first kappa shape index (κ1) is 19.2. The lowest BCUT2D eigenvalue weighted by molar-refractivity contribution is 0.0502. The van der Waals surface area contributed by atoms with Crippen molar-refractivity contribution in [3.63, 3.8) is 0 Å². The number of likely N-dealkylation sites (N-methyl/N-ethyl adjacent to an activating group) is 1. The molecule has 2 saturated heterocycles. The number of anilines is 1. The SMILES string of the molecule is CN1CCN(c2ncc3c(n2)[C@]2(CCN(Cc4cccc5cc[nH]c45)C2)COC3)CC1. The van der Waals surface area contributed by atoms with E-state index in [1.165, 1.54) is 22.2 Å². The molecule has 0 unspecified atom stereocenters. The highest BCUT2D eigenvalue weighted by Gasteiger charge is 2.45. The smallest absolute Gasteiger partial charge is 0.225 e. The van der Waals surface area contributed by atoms with Gasteiger partial charge in [-0.1, -0.05) is 18.2 Å². The average molecular weight is 419 g/mol. The number of aromatic nitrogens is 3. The highest BCUT2D eigenvalue weighted by molar-refractivity contribution is 5.82. The normalized spacial score (nSPS) is 24.9. The highest BCUT2D eigenvalue weighted by Crippen LogP contribution is 2.40. The van der Waals surface area contributed by atoms with E-state index >= 15 is 0 Å². The fourth-order valence-corrected chi connectivity index (χ4v) is 5.47. The molecule has 0 radical (unpaired) electrons. The summed E-state index contributed by atoms with van der Waals surface area (Å²) < 4.78 is 6.06. The fraction of sp³-hybridized carbons (Fsp3) is 0.500. The number of ether oxygens (including phenoxy) is 1. The average Bonchev–Trinajstić information content (AvgIpc) is 3.43. The molecule has 3 aliphatic rings. The molecule has 5 heterocycles. The van der Waals surface area contributed by atoms with E-state index in [4.69, 9.17) is 14.7 Å². The van der Waals surface area contributed by atoms with Crippen molar-refractivity contribution in [3.05, 3.63) is 53.5 Å². The van der Waals surface area contributed by atoms with E-state index in [2.05, 4.69) is 51.0 Å². The summed E-state index contributed by atoms with van der Waals surface area (Å²) in [4.78, 5) is 20.5. The van der Waals surface area contributed by atoms with E-state index in [1.54, 1.807) is 0 Å². The first-order valence-electron chi connectivity index (χ1n) is 11.4. The standard InChI is InChI=1S/C24H30N6O/c1-28-9-11-30(12-10-28)23-26-13-20-15-31-17-24(22(20)27-23)6-8-29(16-24)14-19-4-2-3-18-5-7-25-21(18)19/h2-5,7,13,25H,6,8-12,14-17H2,1H3/t24-/m0/s1. The van der Waals surface area contributed by atoms with Crippen molar-refractivity contribution in [1.82, 2.24) is 24.8 Å². The van der Waals surface area contributed by atoms with E-state index in [9.17, 15) is 0 Å². The predicted molar refractivity (Wildman–Crippen MR) is 121 cm³/mol. The molecule has 0 saturated carbocycles. The molecule has 7 heteroatoms. The summed E-state index contributed by atoms with van der Waals surface area (Å²) in [6.45, 7) is 8.48. The van der Waals surface area contributed by atoms with Crippen LogP contribution in [-0.2, 0) is 23.3 Å². The van der Waals surface area contributed by atoms with Gasteiger partial charge in [-0.05, 0) is 37.0 Å². The number of nitrogens with zero attached hydrogens (tertiary/aromatic N) is 5. The number of fused-ring (bicyclic) bond motifs is 3. The van der Waals surface area contributed by atoms with E-state index in [1.807, 2.05) is 12.4 Å². The van der Waals surface area contributed by atoms with Crippen LogP contribution in [-0.4, -0.2) is 77.7 Å². The van der Waals surface area contributed by atoms with Gasteiger partial charge in [-0.2, -0.15) is 0 Å². The molecule has 2 aromatic heterocycles. The maximum atomic E-state index is 6.06. The van der Waals surface area contributed by atoms with Gasteiger partial charge in [-0.15, -0.1) is 0 Å². The number of likely N-dealkylation sites (tertiary alicyclic amines) is 1. The Balaban J connectivity index is 1.26. The zero-order valence-corrected chi connectivity index (χ0v) is 18.2. The van der Waals surface area contributed by atoms with Crippen molar-refractivity contribution >= 4 is 16.9 Å². The Bertz CT molecular complexity index is 1090. The second-order valence-electron chi connectivity index (χ2n) is 9.43. The van der Waals surface area contributed by atoms with Gasteiger partial charge < -0.3 is 19.5 Å². The fourth-order valence-electron chi connectivity index (χ4n) is 5.47. The number of rotatable bonds is 3. The van der Waals surface area contributed by atoms with Gasteiger partial charge in [0.25, 0.3) is 0 Å². The Morgan fingerprint density at radius 2 is 2.03 bits per heavy atom. The number of aromatic amines is 1. The molecule has 7 nitrogen and oxygen atoms in total. The third-order valence-corrected chi connectivity index (χ3v) is 7.28. The van der Waals surface area contributed by atoms with Gasteiger partial charge in [0, 0.05) is 62.7 Å². The first-order valence-corrected chi connectivity index (χ1v) is 11.4. The molecule has 0 bridgehead atoms. The van der Waals surface area contributed by atoms with Crippen LogP contribution in [0.1, 0.15) is 23.2 Å². The Hall–Kier alpha value is -2.48. The van der Waals surface area contributed by atoms with Crippen LogP contribution in [0, 0.1) is 0 Å². The summed E-state index contributed by atoms with van der Waals surface area (Å²) in [6.07, 6.45) is 5.13. The molecule has 0 aliphatic carbocycles. The third-order valence-electron chi connectivity index (χ3n) is 7.28. The Kier molecular flexibility index (Phi) is 4.70. The van der Waals surface area contributed by atoms with Gasteiger partial charge in [-0.3, -0.25) is 4.90 Å². The van der Waals surface area contributed by atoms with Crippen molar-refractivity contribution in [2.75, 3.05) is 57.8 Å². The zero-order chi connectivity index (χ0) is 20.8. The number of hydrogen-bond donors (Lipinski definition) is 1. The molecule has 6 rings (SSSR count). The molecule has 1 atom stereocenters. The third kappa shape index (κ3) is 3.41. The Labute approximate surface area is 183 Å². The van der Waals surface area contributed by atoms with Crippen molar-refractivity contribution < 1.29 is 4.74 Å². The van der Waals surface area contributed by atoms with Crippen LogP contribution in [0.15, 0.2) is 36.7 Å². The molecule has 1 N–H and O–H groups in total. The van der Waals surface area contributed by atoms with Crippen molar-refractivity contribution in [1.29, 1.82) is 0 Å². The lowest BCUT2D eigenvalue weighted by Gasteiger charge is -2.36. The summed E-state index contributed by atoms with van der Waals surface area (Å²) >= 11 is 0. The number of nitrogens with one attached hydrogen (secondary N) is 1. The van der Waals surface area contributed by atoms with Crippen LogP contribution in [0.4, 0.5) is 5.95 Å².